The minimum Gasteiger partial charge on any atom is -0.330 e. The maximum atomic E-state index is 12.8. The third kappa shape index (κ3) is 2.75. The van der Waals surface area contributed by atoms with Crippen LogP contribution in [0.15, 0.2) is 58.7 Å². The second-order valence-corrected chi connectivity index (χ2v) is 8.67. The Morgan fingerprint density at radius 3 is 2.74 bits per heavy atom. The number of amidine groups is 1. The number of carbonyl (C=O) groups excluding carboxylic acids is 1. The summed E-state index contributed by atoms with van der Waals surface area (Å²) in [6.45, 7) is 0.295. The highest BCUT2D eigenvalue weighted by Gasteiger charge is 2.25. The highest BCUT2D eigenvalue weighted by molar-refractivity contribution is 7.90. The molecular weight excluding hydrogens is 362 g/mol. The fourth-order valence-corrected chi connectivity index (χ4v) is 4.86. The van der Waals surface area contributed by atoms with Crippen molar-refractivity contribution in [2.24, 2.45) is 4.40 Å². The molecule has 1 aliphatic carbocycles. The third-order valence-electron chi connectivity index (χ3n) is 5.21. The Morgan fingerprint density at radius 1 is 1.07 bits per heavy atom. The van der Waals surface area contributed by atoms with Gasteiger partial charge in [-0.25, -0.2) is 8.42 Å². The predicted octanol–water partition coefficient (Wildman–Crippen LogP) is 2.37. The summed E-state index contributed by atoms with van der Waals surface area (Å²) in [5.41, 5.74) is 3.91. The highest BCUT2D eigenvalue weighted by atomic mass is 32.2. The topological polar surface area (TPSA) is 78.8 Å². The lowest BCUT2D eigenvalue weighted by atomic mass is 10.0. The van der Waals surface area contributed by atoms with Crippen LogP contribution >= 0.6 is 0 Å². The minimum atomic E-state index is -3.40. The van der Waals surface area contributed by atoms with Gasteiger partial charge in [-0.15, -0.1) is 4.40 Å². The number of aryl methyl sites for hydroxylation is 2. The average Bonchev–Trinajstić information content (AvgIpc) is 3.07. The summed E-state index contributed by atoms with van der Waals surface area (Å²) < 4.78 is 26.9. The number of nitrogens with one attached hydrogen (secondary N) is 1. The van der Waals surface area contributed by atoms with Crippen LogP contribution in [0.5, 0.6) is 0 Å². The van der Waals surface area contributed by atoms with Crippen molar-refractivity contribution in [1.29, 1.82) is 0 Å². The molecule has 0 radical (unpaired) electrons. The van der Waals surface area contributed by atoms with Crippen LogP contribution in [0.3, 0.4) is 0 Å². The number of sulfonamides is 1. The second kappa shape index (κ2) is 5.79. The lowest BCUT2D eigenvalue weighted by Crippen LogP contribution is -2.37. The summed E-state index contributed by atoms with van der Waals surface area (Å²) in [6, 6.07) is 10.2. The molecule has 27 heavy (non-hydrogen) atoms. The fraction of sp³-hybridized carbons (Fsp3) is 0.200. The molecule has 0 saturated heterocycles. The van der Waals surface area contributed by atoms with Gasteiger partial charge in [-0.2, -0.15) is 0 Å². The first-order chi connectivity index (χ1) is 13.0. The molecule has 1 amide bonds. The zero-order chi connectivity index (χ0) is 18.6. The molecule has 0 atom stereocenters. The minimum absolute atomic E-state index is 0.0510. The van der Waals surface area contributed by atoms with E-state index in [-0.39, 0.29) is 11.7 Å². The van der Waals surface area contributed by atoms with Crippen LogP contribution in [0.25, 0.3) is 10.8 Å². The number of anilines is 1. The number of hydrogen-bond donors (Lipinski definition) is 1. The summed E-state index contributed by atoms with van der Waals surface area (Å²) in [7, 11) is -3.40. The van der Waals surface area contributed by atoms with Crippen LogP contribution in [-0.2, 0) is 27.7 Å². The molecule has 0 bridgehead atoms. The molecule has 0 saturated carbocycles. The Bertz CT molecular complexity index is 1180. The van der Waals surface area contributed by atoms with E-state index in [1.54, 1.807) is 23.3 Å². The molecule has 7 heteroatoms. The molecule has 2 heterocycles. The number of benzene rings is 2. The van der Waals surface area contributed by atoms with Crippen molar-refractivity contribution in [2.45, 2.75) is 12.8 Å². The van der Waals surface area contributed by atoms with Gasteiger partial charge in [0.1, 0.15) is 5.84 Å². The van der Waals surface area contributed by atoms with E-state index >= 15 is 0 Å². The van der Waals surface area contributed by atoms with E-state index in [1.807, 2.05) is 18.2 Å². The Hall–Kier alpha value is -2.93. The van der Waals surface area contributed by atoms with Crippen molar-refractivity contribution in [2.75, 3.05) is 17.6 Å². The Balaban J connectivity index is 1.45. The Morgan fingerprint density at radius 2 is 1.89 bits per heavy atom. The van der Waals surface area contributed by atoms with Gasteiger partial charge < -0.3 is 10.2 Å². The summed E-state index contributed by atoms with van der Waals surface area (Å²) in [5.74, 6) is 0.0745. The SMILES string of the molecule is O=C(Nc1ccc2c3c(cccc13)CC2)C1=CN2CCS(=O)(=O)N=C2C=C1. The molecule has 0 fully saturated rings. The first kappa shape index (κ1) is 16.3. The van der Waals surface area contributed by atoms with E-state index in [4.69, 9.17) is 0 Å². The second-order valence-electron chi connectivity index (χ2n) is 6.91. The zero-order valence-electron chi connectivity index (χ0n) is 14.5. The lowest BCUT2D eigenvalue weighted by molar-refractivity contribution is -0.112. The van der Waals surface area contributed by atoms with Gasteiger partial charge in [-0.3, -0.25) is 4.79 Å². The van der Waals surface area contributed by atoms with Crippen molar-refractivity contribution in [3.8, 4) is 0 Å². The highest BCUT2D eigenvalue weighted by Crippen LogP contribution is 2.35. The molecule has 3 aliphatic rings. The van der Waals surface area contributed by atoms with Crippen molar-refractivity contribution >= 4 is 38.2 Å². The molecule has 0 aromatic heterocycles. The molecule has 0 unspecified atom stereocenters. The summed E-state index contributed by atoms with van der Waals surface area (Å²) in [5, 5.41) is 5.31. The molecule has 2 aromatic rings. The van der Waals surface area contributed by atoms with Gasteiger partial charge in [-0.1, -0.05) is 24.3 Å². The average molecular weight is 379 g/mol. The number of hydrogen-bond acceptors (Lipinski definition) is 4. The molecule has 0 spiro atoms. The molecular formula is C20H17N3O3S. The standard InChI is InChI=1S/C20H17N3O3S/c24-20(15-7-9-18-22-27(25,26)11-10-23(18)12-15)21-17-8-6-14-5-4-13-2-1-3-16(17)19(13)14/h1-3,6-9,12H,4-5,10-11H2,(H,21,24). The smallest absolute Gasteiger partial charge is 0.257 e. The largest absolute Gasteiger partial charge is 0.330 e. The van der Waals surface area contributed by atoms with Crippen LogP contribution in [0.1, 0.15) is 11.1 Å². The summed E-state index contributed by atoms with van der Waals surface area (Å²) in [6.07, 6.45) is 6.91. The number of carbonyl (C=O) groups is 1. The van der Waals surface area contributed by atoms with Crippen molar-refractivity contribution in [3.05, 3.63) is 65.4 Å². The van der Waals surface area contributed by atoms with E-state index in [1.165, 1.54) is 16.5 Å². The van der Waals surface area contributed by atoms with Gasteiger partial charge in [0.25, 0.3) is 15.9 Å². The monoisotopic (exact) mass is 379 g/mol. The number of rotatable bonds is 2. The van der Waals surface area contributed by atoms with Gasteiger partial charge in [-0.05, 0) is 47.6 Å². The molecule has 2 aliphatic heterocycles. The molecule has 6 nitrogen and oxygen atoms in total. The summed E-state index contributed by atoms with van der Waals surface area (Å²) >= 11 is 0. The number of fused-ring (bicyclic) bond motifs is 1. The van der Waals surface area contributed by atoms with Crippen LogP contribution in [0.4, 0.5) is 5.69 Å². The predicted molar refractivity (Wildman–Crippen MR) is 105 cm³/mol. The first-order valence-electron chi connectivity index (χ1n) is 8.84. The lowest BCUT2D eigenvalue weighted by Gasteiger charge is -2.27. The summed E-state index contributed by atoms with van der Waals surface area (Å²) in [4.78, 5) is 14.5. The molecule has 136 valence electrons. The van der Waals surface area contributed by atoms with Crippen LogP contribution < -0.4 is 5.32 Å². The van der Waals surface area contributed by atoms with E-state index in [2.05, 4.69) is 21.8 Å². The van der Waals surface area contributed by atoms with Crippen molar-refractivity contribution in [3.63, 3.8) is 0 Å². The number of nitrogens with zero attached hydrogens (tertiary/aromatic N) is 2. The first-order valence-corrected chi connectivity index (χ1v) is 10.5. The van der Waals surface area contributed by atoms with E-state index in [0.29, 0.717) is 18.0 Å². The molecule has 1 N–H and O–H groups in total. The van der Waals surface area contributed by atoms with Gasteiger partial charge >= 0.3 is 0 Å². The van der Waals surface area contributed by atoms with Gasteiger partial charge in [0.15, 0.2) is 0 Å². The fourth-order valence-electron chi connectivity index (χ4n) is 3.89. The van der Waals surface area contributed by atoms with Crippen LogP contribution in [0, 0.1) is 0 Å². The number of amides is 1. The maximum Gasteiger partial charge on any atom is 0.257 e. The quantitative estimate of drug-likeness (QED) is 0.869. The van der Waals surface area contributed by atoms with Crippen LogP contribution in [-0.4, -0.2) is 37.4 Å². The zero-order valence-corrected chi connectivity index (χ0v) is 15.3. The Kier molecular flexibility index (Phi) is 3.48. The maximum absolute atomic E-state index is 12.8. The van der Waals surface area contributed by atoms with Crippen molar-refractivity contribution in [1.82, 2.24) is 4.90 Å². The molecule has 5 rings (SSSR count). The van der Waals surface area contributed by atoms with E-state index in [0.717, 1.165) is 23.9 Å². The normalized spacial score (nSPS) is 19.5. The van der Waals surface area contributed by atoms with E-state index in [9.17, 15) is 13.2 Å². The third-order valence-corrected chi connectivity index (χ3v) is 6.37. The van der Waals surface area contributed by atoms with Crippen LogP contribution in [0.2, 0.25) is 0 Å². The van der Waals surface area contributed by atoms with Gasteiger partial charge in [0.2, 0.25) is 0 Å². The Labute approximate surface area is 156 Å². The van der Waals surface area contributed by atoms with E-state index < -0.39 is 10.0 Å². The van der Waals surface area contributed by atoms with Gasteiger partial charge in [0, 0.05) is 23.8 Å². The van der Waals surface area contributed by atoms with Crippen molar-refractivity contribution < 1.29 is 13.2 Å². The molecule has 2 aromatic carbocycles. The van der Waals surface area contributed by atoms with Gasteiger partial charge in [0.05, 0.1) is 11.3 Å².